The lowest BCUT2D eigenvalue weighted by Crippen LogP contribution is -2.41. The molecular formula is C17H25N3O. The van der Waals surface area contributed by atoms with Gasteiger partial charge in [0, 0.05) is 29.7 Å². The Kier molecular flexibility index (Phi) is 5.26. The highest BCUT2D eigenvalue weighted by atomic mass is 16.2. The zero-order chi connectivity index (χ0) is 15.2. The highest BCUT2D eigenvalue weighted by Gasteiger charge is 2.07. The van der Waals surface area contributed by atoms with Crippen molar-refractivity contribution >= 4 is 16.9 Å². The average Bonchev–Trinajstić information content (AvgIpc) is 2.81. The van der Waals surface area contributed by atoms with Crippen molar-refractivity contribution in [2.24, 2.45) is 0 Å². The molecule has 1 heterocycles. The number of H-pyrrole nitrogens is 1. The third-order valence-corrected chi connectivity index (χ3v) is 3.70. The summed E-state index contributed by atoms with van der Waals surface area (Å²) in [5.74, 6) is 0. The minimum absolute atomic E-state index is 0.0772. The van der Waals surface area contributed by atoms with Gasteiger partial charge >= 0.3 is 6.03 Å². The van der Waals surface area contributed by atoms with Crippen LogP contribution < -0.4 is 10.6 Å². The normalized spacial score (nSPS) is 12.3. The van der Waals surface area contributed by atoms with Crippen LogP contribution >= 0.6 is 0 Å². The molecule has 21 heavy (non-hydrogen) atoms. The highest BCUT2D eigenvalue weighted by Crippen LogP contribution is 2.19. The Morgan fingerprint density at radius 3 is 2.95 bits per heavy atom. The molecule has 1 aromatic heterocycles. The number of aromatic nitrogens is 1. The van der Waals surface area contributed by atoms with Crippen LogP contribution in [0.2, 0.25) is 0 Å². The Morgan fingerprint density at radius 1 is 1.38 bits per heavy atom. The molecule has 0 bridgehead atoms. The van der Waals surface area contributed by atoms with E-state index in [4.69, 9.17) is 0 Å². The maximum atomic E-state index is 11.7. The largest absolute Gasteiger partial charge is 0.361 e. The standard InChI is InChI=1S/C17H25N3O/c1-4-5-13(3)20-17(21)18-9-8-14-11-19-16-10-12(2)6-7-15(14)16/h6-7,10-11,13,19H,4-5,8-9H2,1-3H3,(H2,18,20,21)/t13-/m0/s1. The van der Waals surface area contributed by atoms with Crippen molar-refractivity contribution in [2.45, 2.75) is 46.1 Å². The van der Waals surface area contributed by atoms with Crippen LogP contribution in [0, 0.1) is 6.92 Å². The number of nitrogens with one attached hydrogen (secondary N) is 3. The number of carbonyl (C=O) groups is 1. The van der Waals surface area contributed by atoms with Gasteiger partial charge in [-0.15, -0.1) is 0 Å². The lowest BCUT2D eigenvalue weighted by molar-refractivity contribution is 0.237. The Bertz CT molecular complexity index is 603. The second kappa shape index (κ2) is 7.16. The van der Waals surface area contributed by atoms with Gasteiger partial charge in [-0.3, -0.25) is 0 Å². The van der Waals surface area contributed by atoms with Crippen molar-refractivity contribution in [3.8, 4) is 0 Å². The summed E-state index contributed by atoms with van der Waals surface area (Å²) in [6.45, 7) is 6.88. The summed E-state index contributed by atoms with van der Waals surface area (Å²) >= 11 is 0. The SMILES string of the molecule is CCC[C@H](C)NC(=O)NCCc1c[nH]c2cc(C)ccc12. The molecule has 2 amide bonds. The number of urea groups is 1. The molecule has 1 aromatic carbocycles. The Morgan fingerprint density at radius 2 is 2.19 bits per heavy atom. The monoisotopic (exact) mass is 287 g/mol. The number of fused-ring (bicyclic) bond motifs is 1. The first-order chi connectivity index (χ1) is 10.1. The van der Waals surface area contributed by atoms with Crippen molar-refractivity contribution in [1.29, 1.82) is 0 Å². The first kappa shape index (κ1) is 15.4. The molecule has 0 saturated heterocycles. The second-order valence-corrected chi connectivity index (χ2v) is 5.70. The van der Waals surface area contributed by atoms with E-state index in [-0.39, 0.29) is 12.1 Å². The molecule has 0 radical (unpaired) electrons. The van der Waals surface area contributed by atoms with E-state index in [0.29, 0.717) is 6.54 Å². The maximum Gasteiger partial charge on any atom is 0.315 e. The number of rotatable bonds is 6. The fourth-order valence-electron chi connectivity index (χ4n) is 2.60. The van der Waals surface area contributed by atoms with Crippen molar-refractivity contribution < 1.29 is 4.79 Å². The first-order valence-electron chi connectivity index (χ1n) is 7.71. The minimum atomic E-state index is -0.0772. The fourth-order valence-corrected chi connectivity index (χ4v) is 2.60. The third kappa shape index (κ3) is 4.25. The number of benzene rings is 1. The molecule has 2 rings (SSSR count). The molecular weight excluding hydrogens is 262 g/mol. The highest BCUT2D eigenvalue weighted by molar-refractivity contribution is 5.83. The van der Waals surface area contributed by atoms with Gasteiger partial charge < -0.3 is 15.6 Å². The van der Waals surface area contributed by atoms with Gasteiger partial charge in [-0.1, -0.05) is 25.5 Å². The van der Waals surface area contributed by atoms with E-state index in [1.54, 1.807) is 0 Å². The van der Waals surface area contributed by atoms with Gasteiger partial charge in [0.25, 0.3) is 0 Å². The molecule has 0 aliphatic heterocycles. The van der Waals surface area contributed by atoms with E-state index in [2.05, 4.69) is 47.7 Å². The van der Waals surface area contributed by atoms with E-state index in [9.17, 15) is 4.79 Å². The minimum Gasteiger partial charge on any atom is -0.361 e. The Labute approximate surface area is 126 Å². The zero-order valence-corrected chi connectivity index (χ0v) is 13.1. The van der Waals surface area contributed by atoms with E-state index >= 15 is 0 Å². The number of hydrogen-bond donors (Lipinski definition) is 3. The van der Waals surface area contributed by atoms with Gasteiger partial charge in [0.2, 0.25) is 0 Å². The average molecular weight is 287 g/mol. The van der Waals surface area contributed by atoms with Crippen LogP contribution in [0.5, 0.6) is 0 Å². The van der Waals surface area contributed by atoms with Crippen LogP contribution in [0.15, 0.2) is 24.4 Å². The smallest absolute Gasteiger partial charge is 0.315 e. The summed E-state index contributed by atoms with van der Waals surface area (Å²) in [7, 11) is 0. The second-order valence-electron chi connectivity index (χ2n) is 5.70. The number of carbonyl (C=O) groups excluding carboxylic acids is 1. The molecule has 0 spiro atoms. The number of hydrogen-bond acceptors (Lipinski definition) is 1. The van der Waals surface area contributed by atoms with Gasteiger partial charge in [0.1, 0.15) is 0 Å². The molecule has 4 heteroatoms. The molecule has 0 saturated carbocycles. The van der Waals surface area contributed by atoms with Crippen molar-refractivity contribution in [3.63, 3.8) is 0 Å². The van der Waals surface area contributed by atoms with Gasteiger partial charge in [-0.05, 0) is 43.9 Å². The molecule has 0 unspecified atom stereocenters. The van der Waals surface area contributed by atoms with E-state index in [1.807, 2.05) is 13.1 Å². The topological polar surface area (TPSA) is 56.9 Å². The number of amides is 2. The van der Waals surface area contributed by atoms with Crippen molar-refractivity contribution in [3.05, 3.63) is 35.5 Å². The maximum absolute atomic E-state index is 11.7. The van der Waals surface area contributed by atoms with Crippen molar-refractivity contribution in [2.75, 3.05) is 6.54 Å². The summed E-state index contributed by atoms with van der Waals surface area (Å²) < 4.78 is 0. The molecule has 114 valence electrons. The van der Waals surface area contributed by atoms with Crippen LogP contribution in [0.3, 0.4) is 0 Å². The van der Waals surface area contributed by atoms with Crippen LogP contribution in [0.25, 0.3) is 10.9 Å². The summed E-state index contributed by atoms with van der Waals surface area (Å²) in [6.07, 6.45) is 4.95. The number of aromatic amines is 1. The van der Waals surface area contributed by atoms with Crippen molar-refractivity contribution in [1.82, 2.24) is 15.6 Å². The third-order valence-electron chi connectivity index (χ3n) is 3.70. The summed E-state index contributed by atoms with van der Waals surface area (Å²) in [6, 6.07) is 6.55. The first-order valence-corrected chi connectivity index (χ1v) is 7.71. The molecule has 0 aliphatic rings. The zero-order valence-electron chi connectivity index (χ0n) is 13.1. The number of aryl methyl sites for hydroxylation is 1. The van der Waals surface area contributed by atoms with E-state index in [1.165, 1.54) is 16.5 Å². The van der Waals surface area contributed by atoms with Gasteiger partial charge in [0.15, 0.2) is 0 Å². The Hall–Kier alpha value is -1.97. The van der Waals surface area contributed by atoms with E-state index < -0.39 is 0 Å². The summed E-state index contributed by atoms with van der Waals surface area (Å²) in [5.41, 5.74) is 3.65. The van der Waals surface area contributed by atoms with Gasteiger partial charge in [-0.2, -0.15) is 0 Å². The summed E-state index contributed by atoms with van der Waals surface area (Å²) in [5, 5.41) is 7.11. The fraction of sp³-hybridized carbons (Fsp3) is 0.471. The molecule has 3 N–H and O–H groups in total. The quantitative estimate of drug-likeness (QED) is 0.748. The molecule has 2 aromatic rings. The molecule has 1 atom stereocenters. The van der Waals surface area contributed by atoms with Gasteiger partial charge in [-0.25, -0.2) is 4.79 Å². The lowest BCUT2D eigenvalue weighted by Gasteiger charge is -2.13. The molecule has 0 aliphatic carbocycles. The predicted molar refractivity (Wildman–Crippen MR) is 87.6 cm³/mol. The Balaban J connectivity index is 1.84. The van der Waals surface area contributed by atoms with Crippen LogP contribution in [0.4, 0.5) is 4.79 Å². The van der Waals surface area contributed by atoms with Crippen LogP contribution in [0.1, 0.15) is 37.8 Å². The lowest BCUT2D eigenvalue weighted by atomic mass is 10.1. The van der Waals surface area contributed by atoms with Gasteiger partial charge in [0.05, 0.1) is 0 Å². The molecule has 4 nitrogen and oxygen atoms in total. The predicted octanol–water partition coefficient (Wildman–Crippen LogP) is 3.51. The molecule has 0 fully saturated rings. The summed E-state index contributed by atoms with van der Waals surface area (Å²) in [4.78, 5) is 15.0. The van der Waals surface area contributed by atoms with E-state index in [0.717, 1.165) is 24.8 Å². The van der Waals surface area contributed by atoms with Crippen LogP contribution in [-0.4, -0.2) is 23.6 Å². The van der Waals surface area contributed by atoms with Crippen LogP contribution in [-0.2, 0) is 6.42 Å².